The zero-order valence-corrected chi connectivity index (χ0v) is 10.6. The van der Waals surface area contributed by atoms with E-state index in [1.807, 2.05) is 0 Å². The van der Waals surface area contributed by atoms with Crippen molar-refractivity contribution in [1.29, 1.82) is 0 Å². The summed E-state index contributed by atoms with van der Waals surface area (Å²) in [7, 11) is -3.08. The molecule has 0 spiro atoms. The van der Waals surface area contributed by atoms with Crippen molar-refractivity contribution in [2.24, 2.45) is 0 Å². The van der Waals surface area contributed by atoms with Gasteiger partial charge in [-0.3, -0.25) is 4.89 Å². The molecule has 0 aliphatic heterocycles. The Balaban J connectivity index is 2.11. The van der Waals surface area contributed by atoms with Crippen molar-refractivity contribution < 1.29 is 32.8 Å². The second-order valence-corrected chi connectivity index (χ2v) is 4.59. The Morgan fingerprint density at radius 1 is 1.37 bits per heavy atom. The van der Waals surface area contributed by atoms with Gasteiger partial charge in [-0.05, 0) is 12.1 Å². The smallest absolute Gasteiger partial charge is 0.504 e. The molecule has 0 saturated carbocycles. The molecule has 1 aromatic heterocycles. The summed E-state index contributed by atoms with van der Waals surface area (Å²) < 4.78 is 30.4. The maximum Gasteiger partial charge on any atom is 0.588 e. The summed E-state index contributed by atoms with van der Waals surface area (Å²) in [6, 6.07) is 3.82. The van der Waals surface area contributed by atoms with E-state index in [1.165, 1.54) is 31.7 Å². The molecule has 19 heavy (non-hydrogen) atoms. The van der Waals surface area contributed by atoms with E-state index in [0.717, 1.165) is 6.07 Å². The normalized spacial score (nSPS) is 13.6. The molecule has 0 saturated heterocycles. The first kappa shape index (κ1) is 13.3. The van der Waals surface area contributed by atoms with Gasteiger partial charge >= 0.3 is 13.9 Å². The van der Waals surface area contributed by atoms with Gasteiger partial charge in [0.25, 0.3) is 0 Å². The Labute approximate surface area is 107 Å². The van der Waals surface area contributed by atoms with E-state index in [2.05, 4.69) is 13.9 Å². The fourth-order valence-corrected chi connectivity index (χ4v) is 1.94. The average Bonchev–Trinajstić information content (AvgIpc) is 2.80. The Morgan fingerprint density at radius 3 is 2.74 bits per heavy atom. The number of benzene rings is 1. The number of aromatic nitrogens is 1. The van der Waals surface area contributed by atoms with E-state index in [9.17, 15) is 14.6 Å². The van der Waals surface area contributed by atoms with Gasteiger partial charge < -0.3 is 23.3 Å². The first-order valence-corrected chi connectivity index (χ1v) is 6.48. The predicted molar refractivity (Wildman–Crippen MR) is 62.2 cm³/mol. The summed E-state index contributed by atoms with van der Waals surface area (Å²) in [6.45, 7) is 0. The van der Waals surface area contributed by atoms with Gasteiger partial charge in [-0.15, -0.1) is 0 Å². The number of aromatic hydroxyl groups is 1. The SMILES string of the molecule is COc1ccc(OP(=O)(O)Oc2ncco2)cc1O. The molecule has 0 aliphatic rings. The number of oxazole rings is 1. The average molecular weight is 287 g/mol. The number of ether oxygens (including phenoxy) is 1. The first-order chi connectivity index (χ1) is 9.00. The van der Waals surface area contributed by atoms with Crippen molar-refractivity contribution in [3.63, 3.8) is 0 Å². The van der Waals surface area contributed by atoms with Crippen LogP contribution >= 0.6 is 7.82 Å². The monoisotopic (exact) mass is 287 g/mol. The van der Waals surface area contributed by atoms with Crippen LogP contribution in [0.15, 0.2) is 35.1 Å². The summed E-state index contributed by atoms with van der Waals surface area (Å²) in [5.74, 6) is -0.111. The molecule has 0 radical (unpaired) electrons. The molecule has 102 valence electrons. The molecule has 0 aliphatic carbocycles. The van der Waals surface area contributed by atoms with Crippen LogP contribution in [0.3, 0.4) is 0 Å². The largest absolute Gasteiger partial charge is 0.588 e. The summed E-state index contributed by atoms with van der Waals surface area (Å²) >= 11 is 0. The second-order valence-electron chi connectivity index (χ2n) is 3.28. The lowest BCUT2D eigenvalue weighted by Crippen LogP contribution is -2.00. The molecule has 2 N–H and O–H groups in total. The number of methoxy groups -OCH3 is 1. The van der Waals surface area contributed by atoms with Gasteiger partial charge in [0.2, 0.25) is 0 Å². The molecule has 0 fully saturated rings. The Bertz CT molecular complexity index is 598. The molecule has 9 heteroatoms. The Hall–Kier alpha value is -2.18. The molecule has 0 bridgehead atoms. The van der Waals surface area contributed by atoms with Crippen molar-refractivity contribution in [3.05, 3.63) is 30.7 Å². The van der Waals surface area contributed by atoms with Crippen molar-refractivity contribution in [2.75, 3.05) is 7.11 Å². The minimum atomic E-state index is -4.45. The van der Waals surface area contributed by atoms with E-state index in [1.54, 1.807) is 0 Å². The number of hydrogen-bond donors (Lipinski definition) is 2. The van der Waals surface area contributed by atoms with Crippen LogP contribution in [-0.4, -0.2) is 22.1 Å². The Morgan fingerprint density at radius 2 is 2.16 bits per heavy atom. The molecular formula is C10H10NO7P. The number of phenols is 1. The second kappa shape index (κ2) is 5.21. The van der Waals surface area contributed by atoms with Crippen molar-refractivity contribution in [2.45, 2.75) is 0 Å². The molecule has 1 aromatic carbocycles. The molecule has 0 amide bonds. The summed E-state index contributed by atoms with van der Waals surface area (Å²) in [4.78, 5) is 13.0. The topological polar surface area (TPSA) is 111 Å². The van der Waals surface area contributed by atoms with E-state index < -0.39 is 13.9 Å². The van der Waals surface area contributed by atoms with Crippen molar-refractivity contribution >= 4 is 7.82 Å². The quantitative estimate of drug-likeness (QED) is 0.802. The first-order valence-electron chi connectivity index (χ1n) is 4.98. The third kappa shape index (κ3) is 3.40. The zero-order chi connectivity index (χ0) is 13.9. The van der Waals surface area contributed by atoms with E-state index in [-0.39, 0.29) is 17.2 Å². The van der Waals surface area contributed by atoms with Crippen LogP contribution in [-0.2, 0) is 4.57 Å². The molecule has 1 heterocycles. The fraction of sp³-hybridized carbons (Fsp3) is 0.100. The molecule has 2 rings (SSSR count). The van der Waals surface area contributed by atoms with E-state index in [0.29, 0.717) is 0 Å². The summed E-state index contributed by atoms with van der Waals surface area (Å²) in [5, 5.41) is 9.50. The molecule has 8 nitrogen and oxygen atoms in total. The zero-order valence-electron chi connectivity index (χ0n) is 9.72. The summed E-state index contributed by atoms with van der Waals surface area (Å²) in [6.07, 6.45) is 2.02. The highest BCUT2D eigenvalue weighted by molar-refractivity contribution is 7.48. The molecular weight excluding hydrogens is 277 g/mol. The third-order valence-electron chi connectivity index (χ3n) is 1.97. The predicted octanol–water partition coefficient (Wildman–Crippen LogP) is 1.95. The van der Waals surface area contributed by atoms with Gasteiger partial charge in [0.05, 0.1) is 13.3 Å². The van der Waals surface area contributed by atoms with Crippen molar-refractivity contribution in [1.82, 2.24) is 4.98 Å². The maximum absolute atomic E-state index is 11.6. The van der Waals surface area contributed by atoms with Gasteiger partial charge in [0.1, 0.15) is 12.0 Å². The summed E-state index contributed by atoms with van der Waals surface area (Å²) in [5.41, 5.74) is 0. The van der Waals surface area contributed by atoms with Crippen LogP contribution in [0, 0.1) is 0 Å². The van der Waals surface area contributed by atoms with Crippen LogP contribution in [0.1, 0.15) is 0 Å². The molecule has 1 atom stereocenters. The van der Waals surface area contributed by atoms with Crippen LogP contribution < -0.4 is 13.8 Å². The highest BCUT2D eigenvalue weighted by atomic mass is 31.2. The minimum absolute atomic E-state index is 0.0734. The van der Waals surface area contributed by atoms with Crippen molar-refractivity contribution in [3.8, 4) is 23.3 Å². The highest BCUT2D eigenvalue weighted by Crippen LogP contribution is 2.45. The van der Waals surface area contributed by atoms with Crippen LogP contribution in [0.4, 0.5) is 0 Å². The van der Waals surface area contributed by atoms with Gasteiger partial charge in [0.15, 0.2) is 11.5 Å². The fourth-order valence-electron chi connectivity index (χ4n) is 1.23. The van der Waals surface area contributed by atoms with Gasteiger partial charge in [-0.2, -0.15) is 4.98 Å². The van der Waals surface area contributed by atoms with E-state index >= 15 is 0 Å². The highest BCUT2D eigenvalue weighted by Gasteiger charge is 2.27. The number of hydrogen-bond acceptors (Lipinski definition) is 7. The standard InChI is InChI=1S/C10H10NO7P/c1-15-9-3-2-7(6-8(9)12)17-19(13,14)18-10-11-4-5-16-10/h2-6,12H,1H3,(H,13,14). The lowest BCUT2D eigenvalue weighted by molar-refractivity contribution is 0.254. The van der Waals surface area contributed by atoms with E-state index in [4.69, 9.17) is 9.26 Å². The van der Waals surface area contributed by atoms with Gasteiger partial charge in [-0.25, -0.2) is 4.57 Å². The van der Waals surface area contributed by atoms with Crippen LogP contribution in [0.25, 0.3) is 0 Å². The molecule has 2 aromatic rings. The number of phenolic OH excluding ortho intramolecular Hbond substituents is 1. The van der Waals surface area contributed by atoms with Crippen LogP contribution in [0.5, 0.6) is 23.3 Å². The lowest BCUT2D eigenvalue weighted by Gasteiger charge is -2.12. The van der Waals surface area contributed by atoms with Gasteiger partial charge in [-0.1, -0.05) is 0 Å². The maximum atomic E-state index is 11.6. The number of phosphoric acid groups is 1. The number of phosphoric ester groups is 1. The molecule has 1 unspecified atom stereocenters. The Kier molecular flexibility index (Phi) is 3.64. The number of rotatable bonds is 5. The number of nitrogens with zero attached hydrogens (tertiary/aromatic N) is 1. The van der Waals surface area contributed by atoms with Gasteiger partial charge in [0, 0.05) is 6.07 Å². The lowest BCUT2D eigenvalue weighted by atomic mass is 10.3. The van der Waals surface area contributed by atoms with Crippen LogP contribution in [0.2, 0.25) is 0 Å². The third-order valence-corrected chi connectivity index (χ3v) is 2.80. The minimum Gasteiger partial charge on any atom is -0.504 e.